The molecule has 2 unspecified atom stereocenters. The molecule has 0 aliphatic rings. The Morgan fingerprint density at radius 3 is 2.33 bits per heavy atom. The first-order valence-corrected chi connectivity index (χ1v) is 4.61. The third-order valence-corrected chi connectivity index (χ3v) is 2.67. The van der Waals surface area contributed by atoms with E-state index < -0.39 is 16.0 Å². The van der Waals surface area contributed by atoms with Gasteiger partial charge < -0.3 is 10.3 Å². The van der Waals surface area contributed by atoms with Gasteiger partial charge >= 0.3 is 0 Å². The summed E-state index contributed by atoms with van der Waals surface area (Å²) < 4.78 is 19.7. The fourth-order valence-corrected chi connectivity index (χ4v) is 1.21. The summed E-state index contributed by atoms with van der Waals surface area (Å²) in [7, 11) is 0. The van der Waals surface area contributed by atoms with Crippen molar-refractivity contribution in [1.29, 1.82) is 0 Å². The average molecular weight is 185 g/mol. The van der Waals surface area contributed by atoms with Crippen molar-refractivity contribution in [2.75, 3.05) is 0 Å². The average Bonchev–Trinajstić information content (AvgIpc) is 2.06. The predicted octanol–water partition coefficient (Wildman–Crippen LogP) is 1.04. The van der Waals surface area contributed by atoms with E-state index in [1.807, 2.05) is 6.07 Å². The van der Waals surface area contributed by atoms with Crippen molar-refractivity contribution in [3.63, 3.8) is 0 Å². The minimum atomic E-state index is -2.05. The Hall–Kier alpha value is -0.710. The zero-order valence-corrected chi connectivity index (χ0v) is 7.54. The van der Waals surface area contributed by atoms with Gasteiger partial charge in [-0.15, -0.1) is 0 Å². The highest BCUT2D eigenvalue weighted by molar-refractivity contribution is 7.80. The second-order valence-corrected chi connectivity index (χ2v) is 4.07. The van der Waals surface area contributed by atoms with E-state index in [4.69, 9.17) is 10.3 Å². The highest BCUT2D eigenvalue weighted by Crippen LogP contribution is 2.19. The molecule has 1 aromatic rings. The monoisotopic (exact) mass is 185 g/mol. The van der Waals surface area contributed by atoms with E-state index >= 15 is 0 Å². The molecule has 0 aromatic heterocycles. The number of hydrogen-bond donors (Lipinski definition) is 2. The Balaban J connectivity index is 3.06. The lowest BCUT2D eigenvalue weighted by Crippen LogP contribution is -2.37. The molecule has 66 valence electrons. The number of nitrogens with two attached hydrogens (primary N) is 1. The highest BCUT2D eigenvalue weighted by Gasteiger charge is 2.27. The van der Waals surface area contributed by atoms with Crippen molar-refractivity contribution in [2.45, 2.75) is 11.8 Å². The van der Waals surface area contributed by atoms with E-state index in [0.717, 1.165) is 0 Å². The summed E-state index contributed by atoms with van der Waals surface area (Å²) in [6, 6.07) is 8.86. The van der Waals surface area contributed by atoms with Crippen LogP contribution in [-0.2, 0) is 16.0 Å². The van der Waals surface area contributed by atoms with E-state index in [1.54, 1.807) is 24.3 Å². The van der Waals surface area contributed by atoms with Crippen molar-refractivity contribution in [1.82, 2.24) is 0 Å². The van der Waals surface area contributed by atoms with Crippen LogP contribution in [0.25, 0.3) is 0 Å². The molecule has 0 amide bonds. The lowest BCUT2D eigenvalue weighted by Gasteiger charge is -2.19. The predicted molar refractivity (Wildman–Crippen MR) is 48.8 cm³/mol. The molecule has 4 heteroatoms. The van der Waals surface area contributed by atoms with Gasteiger partial charge in [0.1, 0.15) is 4.87 Å². The van der Waals surface area contributed by atoms with Crippen LogP contribution in [0.15, 0.2) is 30.3 Å². The maximum absolute atomic E-state index is 10.8. The molecule has 0 aliphatic carbocycles. The first-order chi connectivity index (χ1) is 5.55. The molecular weight excluding hydrogens is 174 g/mol. The van der Waals surface area contributed by atoms with Crippen LogP contribution in [-0.4, -0.2) is 8.76 Å². The molecule has 0 saturated carbocycles. The fourth-order valence-electron chi connectivity index (χ4n) is 0.870. The Bertz CT molecular complexity index is 284. The molecule has 3 nitrogen and oxygen atoms in total. The van der Waals surface area contributed by atoms with Gasteiger partial charge in [0.25, 0.3) is 0 Å². The summed E-state index contributed by atoms with van der Waals surface area (Å²) in [5.74, 6) is 0. The third-order valence-electron chi connectivity index (χ3n) is 1.71. The topological polar surface area (TPSA) is 63.3 Å². The third kappa shape index (κ3) is 1.72. The quantitative estimate of drug-likeness (QED) is 0.677. The minimum absolute atomic E-state index is 0.658. The zero-order valence-electron chi connectivity index (χ0n) is 6.73. The summed E-state index contributed by atoms with van der Waals surface area (Å²) in [6.45, 7) is 1.53. The smallest absolute Gasteiger partial charge is 0.178 e. The lowest BCUT2D eigenvalue weighted by molar-refractivity contribution is 0.515. The molecule has 0 spiro atoms. The summed E-state index contributed by atoms with van der Waals surface area (Å²) in [5, 5.41) is 0. The molecule has 12 heavy (non-hydrogen) atoms. The van der Waals surface area contributed by atoms with E-state index in [0.29, 0.717) is 5.56 Å². The van der Waals surface area contributed by atoms with Crippen molar-refractivity contribution < 1.29 is 8.76 Å². The number of benzene rings is 1. The van der Waals surface area contributed by atoms with Gasteiger partial charge in [0, 0.05) is 0 Å². The molecule has 0 heterocycles. The van der Waals surface area contributed by atoms with Crippen molar-refractivity contribution in [2.24, 2.45) is 5.73 Å². The SMILES string of the molecule is CC(N)(c1ccccc1)S(=O)O. The number of rotatable bonds is 2. The Labute approximate surface area is 73.9 Å². The van der Waals surface area contributed by atoms with E-state index in [9.17, 15) is 4.21 Å². The van der Waals surface area contributed by atoms with Gasteiger partial charge in [-0.05, 0) is 12.5 Å². The van der Waals surface area contributed by atoms with Crippen LogP contribution in [0.4, 0.5) is 0 Å². The van der Waals surface area contributed by atoms with E-state index in [1.165, 1.54) is 6.92 Å². The number of hydrogen-bond acceptors (Lipinski definition) is 2. The summed E-state index contributed by atoms with van der Waals surface area (Å²) in [6.07, 6.45) is 0. The molecule has 3 N–H and O–H groups in total. The fraction of sp³-hybridized carbons (Fsp3) is 0.250. The molecule has 1 rings (SSSR count). The summed E-state index contributed by atoms with van der Waals surface area (Å²) >= 11 is -2.05. The molecule has 2 atom stereocenters. The van der Waals surface area contributed by atoms with Crippen molar-refractivity contribution in [3.8, 4) is 0 Å². The van der Waals surface area contributed by atoms with Crippen LogP contribution < -0.4 is 5.73 Å². The lowest BCUT2D eigenvalue weighted by atomic mass is 10.1. The van der Waals surface area contributed by atoms with Gasteiger partial charge in [-0.1, -0.05) is 30.3 Å². The van der Waals surface area contributed by atoms with Gasteiger partial charge in [0.05, 0.1) is 0 Å². The Kier molecular flexibility index (Phi) is 2.62. The summed E-state index contributed by atoms with van der Waals surface area (Å²) in [4.78, 5) is -1.18. The highest BCUT2D eigenvalue weighted by atomic mass is 32.2. The first-order valence-electron chi connectivity index (χ1n) is 3.50. The van der Waals surface area contributed by atoms with Gasteiger partial charge in [-0.3, -0.25) is 0 Å². The Morgan fingerprint density at radius 1 is 1.42 bits per heavy atom. The largest absolute Gasteiger partial charge is 0.309 e. The van der Waals surface area contributed by atoms with Crippen molar-refractivity contribution in [3.05, 3.63) is 35.9 Å². The van der Waals surface area contributed by atoms with Crippen molar-refractivity contribution >= 4 is 11.1 Å². The van der Waals surface area contributed by atoms with Gasteiger partial charge in [-0.2, -0.15) is 0 Å². The van der Waals surface area contributed by atoms with Crippen LogP contribution in [0.1, 0.15) is 12.5 Å². The molecular formula is C8H11NO2S. The second-order valence-electron chi connectivity index (χ2n) is 2.72. The first kappa shape index (κ1) is 9.38. The second kappa shape index (κ2) is 3.35. The van der Waals surface area contributed by atoms with Gasteiger partial charge in [0.2, 0.25) is 0 Å². The van der Waals surface area contributed by atoms with Crippen LogP contribution in [0.5, 0.6) is 0 Å². The van der Waals surface area contributed by atoms with E-state index in [-0.39, 0.29) is 0 Å². The van der Waals surface area contributed by atoms with Crippen LogP contribution in [0, 0.1) is 0 Å². The normalized spacial score (nSPS) is 18.2. The minimum Gasteiger partial charge on any atom is -0.309 e. The zero-order chi connectivity index (χ0) is 9.19. The molecule has 0 saturated heterocycles. The molecule has 0 aliphatic heterocycles. The van der Waals surface area contributed by atoms with Crippen LogP contribution in [0.3, 0.4) is 0 Å². The molecule has 0 bridgehead atoms. The maximum atomic E-state index is 10.8. The molecule has 0 fully saturated rings. The Morgan fingerprint density at radius 2 is 1.92 bits per heavy atom. The molecule has 1 aromatic carbocycles. The maximum Gasteiger partial charge on any atom is 0.178 e. The standard InChI is InChI=1S/C8H11NO2S/c1-8(9,12(10)11)7-5-3-2-4-6-7/h2-6H,9H2,1H3,(H,10,11). The van der Waals surface area contributed by atoms with Crippen LogP contribution in [0.2, 0.25) is 0 Å². The van der Waals surface area contributed by atoms with Gasteiger partial charge in [-0.25, -0.2) is 4.21 Å². The molecule has 0 radical (unpaired) electrons. The van der Waals surface area contributed by atoms with Crippen LogP contribution >= 0.6 is 0 Å². The summed E-state index contributed by atoms with van der Waals surface area (Å²) in [5.41, 5.74) is 6.29. The van der Waals surface area contributed by atoms with Gasteiger partial charge in [0.15, 0.2) is 11.1 Å². The van der Waals surface area contributed by atoms with E-state index in [2.05, 4.69) is 0 Å².